The molecule has 0 spiro atoms. The van der Waals surface area contributed by atoms with Gasteiger partial charge in [0.2, 0.25) is 5.91 Å². The van der Waals surface area contributed by atoms with Crippen LogP contribution in [0.3, 0.4) is 0 Å². The van der Waals surface area contributed by atoms with Gasteiger partial charge in [0.25, 0.3) is 11.1 Å². The molecule has 1 aliphatic rings. The van der Waals surface area contributed by atoms with Gasteiger partial charge in [-0.15, -0.1) is 0 Å². The van der Waals surface area contributed by atoms with Crippen molar-refractivity contribution < 1.29 is 27.9 Å². The van der Waals surface area contributed by atoms with Crippen molar-refractivity contribution in [2.45, 2.75) is 6.61 Å². The predicted molar refractivity (Wildman–Crippen MR) is 135 cm³/mol. The number of thioether (sulfide) groups is 1. The molecule has 0 radical (unpaired) electrons. The van der Waals surface area contributed by atoms with E-state index in [0.29, 0.717) is 28.6 Å². The van der Waals surface area contributed by atoms with Gasteiger partial charge < -0.3 is 10.1 Å². The van der Waals surface area contributed by atoms with Crippen LogP contribution in [0.25, 0.3) is 6.08 Å². The zero-order valence-electron chi connectivity index (χ0n) is 18.3. The fraction of sp³-hybridized carbons (Fsp3) is 0.0800. The third kappa shape index (κ3) is 6.23. The second-order valence-corrected chi connectivity index (χ2v) is 9.36. The van der Waals surface area contributed by atoms with E-state index in [4.69, 9.17) is 27.9 Å². The topological polar surface area (TPSA) is 75.7 Å². The summed E-state index contributed by atoms with van der Waals surface area (Å²) in [6, 6.07) is 14.0. The first-order valence-electron chi connectivity index (χ1n) is 10.4. The zero-order valence-corrected chi connectivity index (χ0v) is 20.6. The van der Waals surface area contributed by atoms with E-state index in [9.17, 15) is 23.2 Å². The van der Waals surface area contributed by atoms with Crippen LogP contribution in [-0.2, 0) is 16.2 Å². The number of hydrogen-bond acceptors (Lipinski definition) is 5. The van der Waals surface area contributed by atoms with Gasteiger partial charge in [0.05, 0.1) is 15.0 Å². The largest absolute Gasteiger partial charge is 0.486 e. The summed E-state index contributed by atoms with van der Waals surface area (Å²) in [5, 5.41) is 2.19. The molecule has 3 aromatic carbocycles. The predicted octanol–water partition coefficient (Wildman–Crippen LogP) is 6.53. The molecular formula is C25H16Cl2F2N2O4S. The molecule has 4 rings (SSSR count). The lowest BCUT2D eigenvalue weighted by Crippen LogP contribution is -2.36. The molecule has 0 aliphatic carbocycles. The molecule has 3 aromatic rings. The Balaban J connectivity index is 1.43. The van der Waals surface area contributed by atoms with Crippen molar-refractivity contribution in [3.63, 3.8) is 0 Å². The lowest BCUT2D eigenvalue weighted by molar-refractivity contribution is -0.127. The van der Waals surface area contributed by atoms with Crippen LogP contribution in [-0.4, -0.2) is 28.5 Å². The summed E-state index contributed by atoms with van der Waals surface area (Å²) in [6.07, 6.45) is 1.43. The Labute approximate surface area is 218 Å². The SMILES string of the molecule is O=C(CN1C(=O)S/C(=C\c2cc(Cl)c(OCc3cccc(F)c3)c(Cl)c2)C1=O)Nc1ccc(F)cc1. The number of rotatable bonds is 7. The van der Waals surface area contributed by atoms with Crippen LogP contribution in [0.15, 0.2) is 65.6 Å². The molecule has 1 aliphatic heterocycles. The molecule has 0 unspecified atom stereocenters. The molecule has 1 saturated heterocycles. The minimum Gasteiger partial charge on any atom is -0.486 e. The summed E-state index contributed by atoms with van der Waals surface area (Å²) < 4.78 is 32.0. The highest BCUT2D eigenvalue weighted by Crippen LogP contribution is 2.37. The number of carbonyl (C=O) groups excluding carboxylic acids is 3. The summed E-state index contributed by atoms with van der Waals surface area (Å²) in [6.45, 7) is -0.469. The maximum atomic E-state index is 13.4. The lowest BCUT2D eigenvalue weighted by Gasteiger charge is -2.12. The smallest absolute Gasteiger partial charge is 0.294 e. The van der Waals surface area contributed by atoms with Crippen molar-refractivity contribution in [3.05, 3.63) is 98.4 Å². The summed E-state index contributed by atoms with van der Waals surface area (Å²) in [5.41, 5.74) is 1.35. The van der Waals surface area contributed by atoms with E-state index in [-0.39, 0.29) is 27.3 Å². The standard InChI is InChI=1S/C25H16Cl2F2N2O4S/c26-19-9-15(10-20(27)23(19)35-13-14-2-1-3-17(29)8-14)11-21-24(33)31(25(34)36-21)12-22(32)30-18-6-4-16(28)5-7-18/h1-11H,12-13H2,(H,30,32)/b21-11-. The number of benzene rings is 3. The van der Waals surface area contributed by atoms with Crippen molar-refractivity contribution in [1.82, 2.24) is 4.90 Å². The fourth-order valence-corrected chi connectivity index (χ4v) is 4.70. The lowest BCUT2D eigenvalue weighted by atomic mass is 10.2. The highest BCUT2D eigenvalue weighted by atomic mass is 35.5. The van der Waals surface area contributed by atoms with Crippen LogP contribution in [0.4, 0.5) is 19.3 Å². The van der Waals surface area contributed by atoms with Crippen LogP contribution in [0, 0.1) is 11.6 Å². The van der Waals surface area contributed by atoms with Crippen molar-refractivity contribution in [3.8, 4) is 5.75 Å². The Morgan fingerprint density at radius 2 is 1.69 bits per heavy atom. The number of amides is 3. The van der Waals surface area contributed by atoms with E-state index >= 15 is 0 Å². The number of ether oxygens (including phenoxy) is 1. The number of halogens is 4. The molecule has 184 valence electrons. The molecule has 0 aromatic heterocycles. The van der Waals surface area contributed by atoms with Crippen molar-refractivity contribution in [2.24, 2.45) is 0 Å². The van der Waals surface area contributed by atoms with Gasteiger partial charge in [-0.25, -0.2) is 8.78 Å². The normalized spacial score (nSPS) is 14.4. The maximum absolute atomic E-state index is 13.4. The summed E-state index contributed by atoms with van der Waals surface area (Å²) in [7, 11) is 0. The van der Waals surface area contributed by atoms with E-state index in [2.05, 4.69) is 5.32 Å². The van der Waals surface area contributed by atoms with Crippen LogP contribution in [0.5, 0.6) is 5.75 Å². The van der Waals surface area contributed by atoms with Gasteiger partial charge in [-0.3, -0.25) is 19.3 Å². The van der Waals surface area contributed by atoms with Gasteiger partial charge in [-0.1, -0.05) is 35.3 Å². The quantitative estimate of drug-likeness (QED) is 0.340. The first kappa shape index (κ1) is 25.7. The second kappa shape index (κ2) is 11.1. The van der Waals surface area contributed by atoms with Crippen LogP contribution in [0.1, 0.15) is 11.1 Å². The number of hydrogen-bond donors (Lipinski definition) is 1. The van der Waals surface area contributed by atoms with Gasteiger partial charge in [-0.05, 0) is 77.5 Å². The Hall–Kier alpha value is -3.40. The van der Waals surface area contributed by atoms with Crippen LogP contribution >= 0.6 is 35.0 Å². The molecular weight excluding hydrogens is 533 g/mol. The number of anilines is 1. The average Bonchev–Trinajstić information content (AvgIpc) is 3.07. The highest BCUT2D eigenvalue weighted by Gasteiger charge is 2.36. The van der Waals surface area contributed by atoms with Crippen molar-refractivity contribution in [1.29, 1.82) is 0 Å². The molecule has 0 bridgehead atoms. The average molecular weight is 549 g/mol. The van der Waals surface area contributed by atoms with E-state index in [1.54, 1.807) is 12.1 Å². The van der Waals surface area contributed by atoms with Crippen molar-refractivity contribution >= 4 is 63.8 Å². The monoisotopic (exact) mass is 548 g/mol. The second-order valence-electron chi connectivity index (χ2n) is 7.56. The van der Waals surface area contributed by atoms with Gasteiger partial charge in [-0.2, -0.15) is 0 Å². The summed E-state index contributed by atoms with van der Waals surface area (Å²) in [4.78, 5) is 38.2. The van der Waals surface area contributed by atoms with Gasteiger partial charge in [0, 0.05) is 5.69 Å². The Morgan fingerprint density at radius 1 is 1.00 bits per heavy atom. The molecule has 11 heteroatoms. The maximum Gasteiger partial charge on any atom is 0.294 e. The minimum atomic E-state index is -0.655. The molecule has 36 heavy (non-hydrogen) atoms. The van der Waals surface area contributed by atoms with E-state index in [0.717, 1.165) is 4.90 Å². The summed E-state index contributed by atoms with van der Waals surface area (Å²) in [5.74, 6) is -1.94. The van der Waals surface area contributed by atoms with E-state index in [1.165, 1.54) is 54.6 Å². The molecule has 1 N–H and O–H groups in total. The number of imide groups is 1. The van der Waals surface area contributed by atoms with E-state index < -0.39 is 35.2 Å². The fourth-order valence-electron chi connectivity index (χ4n) is 3.25. The molecule has 6 nitrogen and oxygen atoms in total. The Kier molecular flexibility index (Phi) is 7.93. The number of nitrogens with one attached hydrogen (secondary N) is 1. The molecule has 1 fully saturated rings. The molecule has 0 saturated carbocycles. The minimum absolute atomic E-state index is 0.0371. The van der Waals surface area contributed by atoms with E-state index in [1.807, 2.05) is 0 Å². The number of carbonyl (C=O) groups is 3. The molecule has 1 heterocycles. The van der Waals surface area contributed by atoms with Gasteiger partial charge >= 0.3 is 0 Å². The third-order valence-corrected chi connectivity index (χ3v) is 6.36. The Morgan fingerprint density at radius 3 is 2.36 bits per heavy atom. The highest BCUT2D eigenvalue weighted by molar-refractivity contribution is 8.18. The Bertz CT molecular complexity index is 1360. The third-order valence-electron chi connectivity index (χ3n) is 4.89. The zero-order chi connectivity index (χ0) is 25.8. The van der Waals surface area contributed by atoms with Crippen molar-refractivity contribution in [2.75, 3.05) is 11.9 Å². The van der Waals surface area contributed by atoms with Crippen LogP contribution in [0.2, 0.25) is 10.0 Å². The van der Waals surface area contributed by atoms with Gasteiger partial charge in [0.15, 0.2) is 5.75 Å². The van der Waals surface area contributed by atoms with Gasteiger partial charge in [0.1, 0.15) is 24.8 Å². The van der Waals surface area contributed by atoms with Crippen LogP contribution < -0.4 is 10.1 Å². The summed E-state index contributed by atoms with van der Waals surface area (Å²) >= 11 is 13.3. The number of nitrogens with zero attached hydrogens (tertiary/aromatic N) is 1. The molecule has 0 atom stereocenters. The first-order chi connectivity index (χ1) is 17.2. The molecule has 3 amide bonds. The first-order valence-corrected chi connectivity index (χ1v) is 11.9.